The summed E-state index contributed by atoms with van der Waals surface area (Å²) >= 11 is 0. The zero-order valence-corrected chi connectivity index (χ0v) is 9.98. The van der Waals surface area contributed by atoms with E-state index < -0.39 is 18.9 Å². The van der Waals surface area contributed by atoms with Gasteiger partial charge in [-0.15, -0.1) is 13.2 Å². The van der Waals surface area contributed by atoms with E-state index in [1.807, 2.05) is 0 Å². The van der Waals surface area contributed by atoms with Crippen LogP contribution in [0.25, 0.3) is 0 Å². The van der Waals surface area contributed by atoms with Gasteiger partial charge >= 0.3 is 13.3 Å². The minimum Gasteiger partial charge on any atom is -0.450 e. The minimum absolute atomic E-state index is 0.315. The lowest BCUT2D eigenvalue weighted by molar-refractivity contribution is 0.0409. The molecular formula is C9H16NO5P. The fourth-order valence-electron chi connectivity index (χ4n) is 1.09. The van der Waals surface area contributed by atoms with E-state index in [-0.39, 0.29) is 0 Å². The van der Waals surface area contributed by atoms with Crippen LogP contribution in [0, 0.1) is 0 Å². The van der Waals surface area contributed by atoms with E-state index in [9.17, 15) is 9.36 Å². The fourth-order valence-corrected chi connectivity index (χ4v) is 1.51. The number of nitrogens with two attached hydrogens (primary N) is 1. The van der Waals surface area contributed by atoms with Crippen molar-refractivity contribution in [2.75, 3.05) is 0 Å². The highest BCUT2D eigenvalue weighted by Gasteiger charge is 2.38. The highest BCUT2D eigenvalue weighted by atomic mass is 31.2. The van der Waals surface area contributed by atoms with Crippen LogP contribution in [0.15, 0.2) is 25.3 Å². The summed E-state index contributed by atoms with van der Waals surface area (Å²) in [4.78, 5) is 20.2. The molecule has 0 amide bonds. The van der Waals surface area contributed by atoms with Crippen LogP contribution in [-0.2, 0) is 13.9 Å². The number of hydrogen-bond donors (Lipinski definition) is 2. The van der Waals surface area contributed by atoms with Crippen molar-refractivity contribution in [1.82, 2.24) is 0 Å². The summed E-state index contributed by atoms with van der Waals surface area (Å²) in [5, 5.41) is 0. The van der Waals surface area contributed by atoms with Crippen molar-refractivity contribution in [2.24, 2.45) is 5.90 Å². The van der Waals surface area contributed by atoms with Gasteiger partial charge in [0, 0.05) is 12.8 Å². The molecule has 16 heavy (non-hydrogen) atoms. The van der Waals surface area contributed by atoms with Crippen LogP contribution in [0.4, 0.5) is 4.79 Å². The van der Waals surface area contributed by atoms with Gasteiger partial charge in [-0.05, 0) is 6.92 Å². The third-order valence-electron chi connectivity index (χ3n) is 1.86. The molecule has 0 aromatic rings. The van der Waals surface area contributed by atoms with Crippen molar-refractivity contribution >= 4 is 13.3 Å². The molecule has 0 aliphatic heterocycles. The van der Waals surface area contributed by atoms with Crippen LogP contribution < -0.4 is 5.90 Å². The van der Waals surface area contributed by atoms with Crippen molar-refractivity contribution < 1.29 is 23.6 Å². The highest BCUT2D eigenvalue weighted by Crippen LogP contribution is 2.44. The Morgan fingerprint density at radius 1 is 1.50 bits per heavy atom. The van der Waals surface area contributed by atoms with Crippen LogP contribution in [0.2, 0.25) is 0 Å². The molecule has 7 heteroatoms. The van der Waals surface area contributed by atoms with Crippen LogP contribution in [-0.4, -0.2) is 16.2 Å². The molecule has 92 valence electrons. The van der Waals surface area contributed by atoms with E-state index in [1.165, 1.54) is 12.2 Å². The molecule has 0 aromatic heterocycles. The molecule has 0 radical (unpaired) electrons. The highest BCUT2D eigenvalue weighted by molar-refractivity contribution is 7.70. The quantitative estimate of drug-likeness (QED) is 0.407. The second kappa shape index (κ2) is 5.96. The van der Waals surface area contributed by atoms with Gasteiger partial charge in [0.05, 0.1) is 0 Å². The summed E-state index contributed by atoms with van der Waals surface area (Å²) in [6, 6.07) is 0. The largest absolute Gasteiger partial charge is 0.451 e. The van der Waals surface area contributed by atoms with E-state index >= 15 is 0 Å². The Balaban J connectivity index is 4.76. The topological polar surface area (TPSA) is 98.9 Å². The van der Waals surface area contributed by atoms with Gasteiger partial charge in [-0.3, -0.25) is 0 Å². The Morgan fingerprint density at radius 3 is 2.25 bits per heavy atom. The maximum atomic E-state index is 11.3. The van der Waals surface area contributed by atoms with Gasteiger partial charge < -0.3 is 9.63 Å². The maximum absolute atomic E-state index is 11.3. The molecule has 1 unspecified atom stereocenters. The second-order valence-electron chi connectivity index (χ2n) is 3.43. The zero-order valence-electron chi connectivity index (χ0n) is 9.09. The molecule has 3 N–H and O–H groups in total. The average Bonchev–Trinajstić information content (AvgIpc) is 2.18. The first-order valence-electron chi connectivity index (χ1n) is 4.48. The first-order valence-corrected chi connectivity index (χ1v) is 6.05. The Kier molecular flexibility index (Phi) is 5.61. The number of hydrogen-bond acceptors (Lipinski definition) is 5. The van der Waals surface area contributed by atoms with E-state index in [4.69, 9.17) is 9.63 Å². The molecule has 0 rings (SSSR count). The molecule has 0 heterocycles. The van der Waals surface area contributed by atoms with Crippen LogP contribution in [0.3, 0.4) is 0 Å². The number of carbonyl (C=O) groups excluding carboxylic acids is 1. The Labute approximate surface area is 94.2 Å². The van der Waals surface area contributed by atoms with Gasteiger partial charge in [0.15, 0.2) is 0 Å². The maximum Gasteiger partial charge on any atom is 0.451 e. The molecule has 0 aromatic carbocycles. The predicted octanol–water partition coefficient (Wildman–Crippen LogP) is 2.11. The molecule has 0 saturated carbocycles. The van der Waals surface area contributed by atoms with Gasteiger partial charge in [0.1, 0.15) is 5.60 Å². The number of ether oxygens (including phenoxy) is 1. The fraction of sp³-hybridized carbons (Fsp3) is 0.444. The van der Waals surface area contributed by atoms with Crippen molar-refractivity contribution in [1.29, 1.82) is 0 Å². The summed E-state index contributed by atoms with van der Waals surface area (Å²) in [5.41, 5.74) is -2.36. The molecule has 0 aliphatic carbocycles. The first kappa shape index (κ1) is 15.1. The summed E-state index contributed by atoms with van der Waals surface area (Å²) in [6.45, 7) is 8.60. The third kappa shape index (κ3) is 4.28. The van der Waals surface area contributed by atoms with Crippen LogP contribution in [0.1, 0.15) is 19.8 Å². The van der Waals surface area contributed by atoms with Gasteiger partial charge in [-0.1, -0.05) is 12.2 Å². The summed E-state index contributed by atoms with van der Waals surface area (Å²) in [5.74, 6) is 4.52. The summed E-state index contributed by atoms with van der Waals surface area (Å²) in [7, 11) is -4.56. The average molecular weight is 249 g/mol. The summed E-state index contributed by atoms with van der Waals surface area (Å²) < 4.78 is 19.6. The van der Waals surface area contributed by atoms with Gasteiger partial charge in [0.25, 0.3) is 0 Å². The molecule has 1 atom stereocenters. The van der Waals surface area contributed by atoms with Crippen molar-refractivity contribution in [3.63, 3.8) is 0 Å². The van der Waals surface area contributed by atoms with Crippen molar-refractivity contribution in [3.8, 4) is 0 Å². The zero-order chi connectivity index (χ0) is 12.8. The SMILES string of the molecule is C=CCC(C)(CC=C)OC(=O)P(=O)(O)ON. The standard InChI is InChI=1S/C9H16NO5P/c1-4-6-9(3,7-5-2)14-8(11)16(12,13)15-10/h4-5H,1-2,6-7,10H2,3H3,(H,12,13). The van der Waals surface area contributed by atoms with Gasteiger partial charge in [0.2, 0.25) is 0 Å². The lowest BCUT2D eigenvalue weighted by atomic mass is 9.98. The van der Waals surface area contributed by atoms with Crippen molar-refractivity contribution in [3.05, 3.63) is 25.3 Å². The molecular weight excluding hydrogens is 233 g/mol. The van der Waals surface area contributed by atoms with E-state index in [2.05, 4.69) is 23.7 Å². The lowest BCUT2D eigenvalue weighted by Crippen LogP contribution is -2.30. The van der Waals surface area contributed by atoms with Gasteiger partial charge in [-0.25, -0.2) is 19.9 Å². The Bertz CT molecular complexity index is 318. The van der Waals surface area contributed by atoms with E-state index in [0.717, 1.165) is 0 Å². The molecule has 0 bridgehead atoms. The third-order valence-corrected chi connectivity index (χ3v) is 2.70. The van der Waals surface area contributed by atoms with Crippen molar-refractivity contribution in [2.45, 2.75) is 25.4 Å². The van der Waals surface area contributed by atoms with E-state index in [1.54, 1.807) is 6.92 Å². The van der Waals surface area contributed by atoms with Crippen LogP contribution in [0.5, 0.6) is 0 Å². The summed E-state index contributed by atoms with van der Waals surface area (Å²) in [6.07, 6.45) is 3.69. The molecule has 0 fully saturated rings. The molecule has 0 saturated heterocycles. The van der Waals surface area contributed by atoms with Gasteiger partial charge in [-0.2, -0.15) is 0 Å². The first-order chi connectivity index (χ1) is 7.31. The normalized spacial score (nSPS) is 14.9. The Morgan fingerprint density at radius 2 is 1.94 bits per heavy atom. The molecule has 0 aliphatic rings. The monoisotopic (exact) mass is 249 g/mol. The number of carbonyl (C=O) groups is 1. The Hall–Kier alpha value is -0.940. The molecule has 6 nitrogen and oxygen atoms in total. The predicted molar refractivity (Wildman–Crippen MR) is 59.6 cm³/mol. The minimum atomic E-state index is -4.56. The van der Waals surface area contributed by atoms with Crippen LogP contribution >= 0.6 is 7.60 Å². The molecule has 0 spiro atoms. The number of rotatable bonds is 7. The smallest absolute Gasteiger partial charge is 0.450 e. The second-order valence-corrected chi connectivity index (χ2v) is 5.05. The lowest BCUT2D eigenvalue weighted by Gasteiger charge is -2.27. The van der Waals surface area contributed by atoms with E-state index in [0.29, 0.717) is 12.8 Å².